The third-order valence-electron chi connectivity index (χ3n) is 6.07. The average Bonchev–Trinajstić information content (AvgIpc) is 3.17. The van der Waals surface area contributed by atoms with Crippen LogP contribution in [0.4, 0.5) is 0 Å². The van der Waals surface area contributed by atoms with Crippen LogP contribution in [-0.2, 0) is 40.5 Å². The fourth-order valence-electron chi connectivity index (χ4n) is 4.25. The first-order valence-electron chi connectivity index (χ1n) is 12.1. The Kier molecular flexibility index (Phi) is 8.62. The van der Waals surface area contributed by atoms with Crippen molar-refractivity contribution < 1.29 is 44.1 Å². The highest BCUT2D eigenvalue weighted by atomic mass is 32.2. The van der Waals surface area contributed by atoms with E-state index in [1.165, 1.54) is 0 Å². The Balaban J connectivity index is 0.000000211. The molecule has 212 valence electrons. The fraction of sp³-hybridized carbons (Fsp3) is 0.538. The van der Waals surface area contributed by atoms with E-state index in [0.29, 0.717) is 24.7 Å². The van der Waals surface area contributed by atoms with Gasteiger partial charge in [-0.15, -0.1) is 0 Å². The van der Waals surface area contributed by atoms with Crippen LogP contribution in [0.25, 0.3) is 0 Å². The minimum Gasteiger partial charge on any atom is -0.464 e. The van der Waals surface area contributed by atoms with Crippen LogP contribution in [0.2, 0.25) is 0 Å². The molecule has 0 fully saturated rings. The molecule has 2 aliphatic rings. The third-order valence-corrected chi connectivity index (χ3v) is 7.06. The van der Waals surface area contributed by atoms with E-state index in [1.54, 1.807) is 36.4 Å². The molecule has 2 heterocycles. The van der Waals surface area contributed by atoms with Gasteiger partial charge in [-0.3, -0.25) is 0 Å². The van der Waals surface area contributed by atoms with Gasteiger partial charge in [0.05, 0.1) is 23.3 Å². The number of hydrogen-bond donors (Lipinski definition) is 0. The molecule has 38 heavy (non-hydrogen) atoms. The maximum atomic E-state index is 11.2. The minimum atomic E-state index is -3.53. The predicted octanol–water partition coefficient (Wildman–Crippen LogP) is 4.12. The molecule has 0 N–H and O–H groups in total. The second kappa shape index (κ2) is 10.9. The number of fused-ring (bicyclic) bond motifs is 2. The molecule has 2 atom stereocenters. The van der Waals surface area contributed by atoms with Crippen molar-refractivity contribution in [2.45, 2.75) is 65.0 Å². The zero-order valence-electron chi connectivity index (χ0n) is 22.9. The molecule has 10 nitrogen and oxygen atoms in total. The quantitative estimate of drug-likeness (QED) is 0.427. The van der Waals surface area contributed by atoms with E-state index in [2.05, 4.69) is 0 Å². The van der Waals surface area contributed by atoms with Crippen LogP contribution in [0.3, 0.4) is 0 Å². The van der Waals surface area contributed by atoms with E-state index in [1.807, 2.05) is 41.5 Å². The molecule has 2 unspecified atom stereocenters. The number of ether oxygens (including phenoxy) is 4. The van der Waals surface area contributed by atoms with Crippen LogP contribution in [0.5, 0.6) is 23.0 Å². The second-order valence-corrected chi connectivity index (χ2v) is 13.3. The standard InChI is InChI=1S/2C13H18O5S/c2*1-5-16-12-13(2,3)10-8-9(18-19(4,14)15)6-7-11(10)17-12/h2*6-8,12H,5H2,1-4H3. The first kappa shape index (κ1) is 30.0. The van der Waals surface area contributed by atoms with E-state index in [4.69, 9.17) is 27.3 Å². The van der Waals surface area contributed by atoms with Crippen LogP contribution in [-0.4, -0.2) is 55.1 Å². The van der Waals surface area contributed by atoms with Gasteiger partial charge in [-0.2, -0.15) is 16.8 Å². The molecule has 12 heteroatoms. The molecular formula is C26H36O10S2. The summed E-state index contributed by atoms with van der Waals surface area (Å²) >= 11 is 0. The fourth-order valence-corrected chi connectivity index (χ4v) is 5.16. The summed E-state index contributed by atoms with van der Waals surface area (Å²) in [4.78, 5) is 0. The molecule has 0 spiro atoms. The molecule has 2 aliphatic heterocycles. The Hall–Kier alpha value is -2.54. The normalized spacial score (nSPS) is 20.7. The minimum absolute atomic E-state index is 0.287. The lowest BCUT2D eigenvalue weighted by Gasteiger charge is -2.25. The maximum absolute atomic E-state index is 11.2. The highest BCUT2D eigenvalue weighted by Gasteiger charge is 2.43. The Morgan fingerprint density at radius 3 is 1.32 bits per heavy atom. The van der Waals surface area contributed by atoms with Crippen molar-refractivity contribution in [2.24, 2.45) is 0 Å². The molecule has 0 saturated carbocycles. The number of benzene rings is 2. The van der Waals surface area contributed by atoms with Crippen molar-refractivity contribution in [3.05, 3.63) is 47.5 Å². The Bertz CT molecular complexity index is 1260. The molecule has 4 rings (SSSR count). The van der Waals surface area contributed by atoms with Gasteiger partial charge in [0.1, 0.15) is 23.0 Å². The van der Waals surface area contributed by atoms with Crippen molar-refractivity contribution in [3.63, 3.8) is 0 Å². The summed E-state index contributed by atoms with van der Waals surface area (Å²) in [5.41, 5.74) is 1.05. The van der Waals surface area contributed by atoms with Gasteiger partial charge < -0.3 is 27.3 Å². The van der Waals surface area contributed by atoms with E-state index >= 15 is 0 Å². The van der Waals surface area contributed by atoms with Gasteiger partial charge in [-0.25, -0.2) is 0 Å². The van der Waals surface area contributed by atoms with E-state index in [-0.39, 0.29) is 34.9 Å². The molecule has 2 aromatic rings. The third kappa shape index (κ3) is 6.90. The smallest absolute Gasteiger partial charge is 0.306 e. The van der Waals surface area contributed by atoms with E-state index < -0.39 is 20.2 Å². The lowest BCUT2D eigenvalue weighted by atomic mass is 9.85. The van der Waals surface area contributed by atoms with Gasteiger partial charge in [0.15, 0.2) is 0 Å². The van der Waals surface area contributed by atoms with Crippen LogP contribution < -0.4 is 17.8 Å². The van der Waals surface area contributed by atoms with Gasteiger partial charge in [-0.1, -0.05) is 0 Å². The number of hydrogen-bond acceptors (Lipinski definition) is 10. The summed E-state index contributed by atoms with van der Waals surface area (Å²) in [6.45, 7) is 12.9. The highest BCUT2D eigenvalue weighted by molar-refractivity contribution is 7.86. The summed E-state index contributed by atoms with van der Waals surface area (Å²) < 4.78 is 76.9. The lowest BCUT2D eigenvalue weighted by Crippen LogP contribution is -2.34. The molecular weight excluding hydrogens is 536 g/mol. The highest BCUT2D eigenvalue weighted by Crippen LogP contribution is 2.46. The molecule has 2 aromatic carbocycles. The van der Waals surface area contributed by atoms with E-state index in [0.717, 1.165) is 23.6 Å². The predicted molar refractivity (Wildman–Crippen MR) is 142 cm³/mol. The lowest BCUT2D eigenvalue weighted by molar-refractivity contribution is -0.0983. The zero-order chi connectivity index (χ0) is 28.5. The van der Waals surface area contributed by atoms with Crippen LogP contribution in [0.15, 0.2) is 36.4 Å². The molecule has 0 aliphatic carbocycles. The van der Waals surface area contributed by atoms with Gasteiger partial charge in [0.2, 0.25) is 12.6 Å². The molecule has 0 bridgehead atoms. The van der Waals surface area contributed by atoms with Crippen LogP contribution in [0.1, 0.15) is 52.7 Å². The molecule has 0 radical (unpaired) electrons. The number of rotatable bonds is 8. The van der Waals surface area contributed by atoms with Gasteiger partial charge >= 0.3 is 20.2 Å². The van der Waals surface area contributed by atoms with Crippen LogP contribution >= 0.6 is 0 Å². The first-order chi connectivity index (χ1) is 17.5. The Morgan fingerprint density at radius 1 is 0.684 bits per heavy atom. The topological polar surface area (TPSA) is 124 Å². The van der Waals surface area contributed by atoms with Gasteiger partial charge in [0, 0.05) is 24.3 Å². The van der Waals surface area contributed by atoms with Crippen molar-refractivity contribution >= 4 is 20.2 Å². The SMILES string of the molecule is CCOC1Oc2ccc(OS(C)(=O)=O)cc2C1(C)C.CCOC1Oc2ccc(OS(C)(=O)=O)cc2C1(C)C. The van der Waals surface area contributed by atoms with Crippen molar-refractivity contribution in [1.82, 2.24) is 0 Å². The van der Waals surface area contributed by atoms with Gasteiger partial charge in [0.25, 0.3) is 0 Å². The molecule has 0 aromatic heterocycles. The van der Waals surface area contributed by atoms with Crippen LogP contribution in [0, 0.1) is 0 Å². The van der Waals surface area contributed by atoms with Crippen molar-refractivity contribution in [1.29, 1.82) is 0 Å². The maximum Gasteiger partial charge on any atom is 0.306 e. The van der Waals surface area contributed by atoms with Gasteiger partial charge in [-0.05, 0) is 77.9 Å². The summed E-state index contributed by atoms with van der Waals surface area (Å²) in [5, 5.41) is 0. The molecule has 0 amide bonds. The van der Waals surface area contributed by atoms with E-state index in [9.17, 15) is 16.8 Å². The molecule has 0 saturated heterocycles. The summed E-state index contributed by atoms with van der Waals surface area (Å²) in [6.07, 6.45) is 1.29. The first-order valence-corrected chi connectivity index (χ1v) is 15.8. The van der Waals surface area contributed by atoms with Crippen molar-refractivity contribution in [2.75, 3.05) is 25.7 Å². The summed E-state index contributed by atoms with van der Waals surface area (Å²) in [5.74, 6) is 1.97. The summed E-state index contributed by atoms with van der Waals surface area (Å²) in [6, 6.07) is 9.94. The zero-order valence-corrected chi connectivity index (χ0v) is 24.6. The Labute approximate surface area is 225 Å². The van der Waals surface area contributed by atoms with Crippen molar-refractivity contribution in [3.8, 4) is 23.0 Å². The monoisotopic (exact) mass is 572 g/mol. The summed E-state index contributed by atoms with van der Waals surface area (Å²) in [7, 11) is -7.06. The Morgan fingerprint density at radius 2 is 1.03 bits per heavy atom. The average molecular weight is 573 g/mol. The largest absolute Gasteiger partial charge is 0.464 e. The second-order valence-electron chi connectivity index (χ2n) is 10.1.